The molecule has 0 aromatic heterocycles. The Morgan fingerprint density at radius 1 is 1.18 bits per heavy atom. The normalized spacial score (nSPS) is 11.9. The number of carbonyl (C=O) groups is 3. The van der Waals surface area contributed by atoms with Gasteiger partial charge in [0, 0.05) is 0 Å². The molecule has 0 aromatic rings. The molecular formula is C9H14Br2N2O4. The highest BCUT2D eigenvalue weighted by molar-refractivity contribution is 9.09. The number of amides is 2. The van der Waals surface area contributed by atoms with Crippen LogP contribution in [0.1, 0.15) is 12.8 Å². The van der Waals surface area contributed by atoms with Crippen molar-refractivity contribution in [3.8, 4) is 0 Å². The minimum Gasteiger partial charge on any atom is -0.480 e. The lowest BCUT2D eigenvalue weighted by atomic mass is 10.1. The molecule has 0 aliphatic rings. The third-order valence-electron chi connectivity index (χ3n) is 2.04. The first kappa shape index (κ1) is 16.5. The molecule has 2 amide bonds. The molecule has 0 heterocycles. The molecule has 98 valence electrons. The van der Waals surface area contributed by atoms with Crippen LogP contribution in [0.2, 0.25) is 0 Å². The van der Waals surface area contributed by atoms with Crippen LogP contribution in [-0.4, -0.2) is 51.0 Å². The van der Waals surface area contributed by atoms with E-state index in [1.807, 2.05) is 0 Å². The Morgan fingerprint density at radius 3 is 1.94 bits per heavy atom. The van der Waals surface area contributed by atoms with Crippen LogP contribution in [0.4, 0.5) is 0 Å². The van der Waals surface area contributed by atoms with Crippen LogP contribution in [0, 0.1) is 0 Å². The van der Waals surface area contributed by atoms with E-state index in [9.17, 15) is 14.4 Å². The number of imide groups is 1. The molecule has 0 fully saturated rings. The largest absolute Gasteiger partial charge is 0.480 e. The van der Waals surface area contributed by atoms with E-state index in [1.54, 1.807) is 0 Å². The maximum atomic E-state index is 11.6. The zero-order valence-corrected chi connectivity index (χ0v) is 12.2. The van der Waals surface area contributed by atoms with Crippen LogP contribution in [0.5, 0.6) is 0 Å². The highest BCUT2D eigenvalue weighted by atomic mass is 79.9. The number of alkyl halides is 2. The molecule has 3 N–H and O–H groups in total. The topological polar surface area (TPSA) is 101 Å². The molecule has 0 aliphatic carbocycles. The molecule has 0 saturated heterocycles. The number of carbonyl (C=O) groups excluding carboxylic acids is 2. The Balaban J connectivity index is 4.99. The van der Waals surface area contributed by atoms with Crippen molar-refractivity contribution in [2.45, 2.75) is 18.9 Å². The summed E-state index contributed by atoms with van der Waals surface area (Å²) < 4.78 is 0. The molecule has 0 bridgehead atoms. The van der Waals surface area contributed by atoms with Gasteiger partial charge in [0.05, 0.1) is 10.7 Å². The smallest absolute Gasteiger partial charge is 0.326 e. The lowest BCUT2D eigenvalue weighted by Gasteiger charge is -2.26. The van der Waals surface area contributed by atoms with Gasteiger partial charge in [-0.3, -0.25) is 14.5 Å². The molecule has 1 unspecified atom stereocenters. The summed E-state index contributed by atoms with van der Waals surface area (Å²) in [4.78, 5) is 35.0. The summed E-state index contributed by atoms with van der Waals surface area (Å²) in [6, 6.07) is -1.16. The molecule has 17 heavy (non-hydrogen) atoms. The number of hydrogen-bond acceptors (Lipinski definition) is 4. The van der Waals surface area contributed by atoms with E-state index < -0.39 is 23.8 Å². The van der Waals surface area contributed by atoms with Crippen molar-refractivity contribution in [2.75, 3.05) is 17.2 Å². The molecule has 0 rings (SSSR count). The Kier molecular flexibility index (Phi) is 8.36. The maximum absolute atomic E-state index is 11.6. The van der Waals surface area contributed by atoms with Crippen molar-refractivity contribution in [2.24, 2.45) is 5.73 Å². The van der Waals surface area contributed by atoms with Crippen molar-refractivity contribution in [1.29, 1.82) is 0 Å². The first-order chi connectivity index (χ1) is 7.99. The Labute approximate surface area is 116 Å². The van der Waals surface area contributed by atoms with E-state index in [1.165, 1.54) is 0 Å². The maximum Gasteiger partial charge on any atom is 0.326 e. The summed E-state index contributed by atoms with van der Waals surface area (Å²) in [5.74, 6) is -2.35. The van der Waals surface area contributed by atoms with Crippen LogP contribution < -0.4 is 5.73 Å². The quantitative estimate of drug-likeness (QED) is 0.626. The van der Waals surface area contributed by atoms with Gasteiger partial charge in [0.15, 0.2) is 0 Å². The van der Waals surface area contributed by atoms with Crippen molar-refractivity contribution in [3.05, 3.63) is 0 Å². The summed E-state index contributed by atoms with van der Waals surface area (Å²) in [6.07, 6.45) is 0.585. The van der Waals surface area contributed by atoms with Gasteiger partial charge in [0.1, 0.15) is 6.04 Å². The van der Waals surface area contributed by atoms with Gasteiger partial charge in [-0.05, 0) is 19.4 Å². The summed E-state index contributed by atoms with van der Waals surface area (Å²) in [7, 11) is 0. The van der Waals surface area contributed by atoms with Crippen molar-refractivity contribution < 1.29 is 19.5 Å². The van der Waals surface area contributed by atoms with Crippen LogP contribution in [0.3, 0.4) is 0 Å². The van der Waals surface area contributed by atoms with Crippen molar-refractivity contribution >= 4 is 49.6 Å². The molecule has 8 heteroatoms. The van der Waals surface area contributed by atoms with Crippen LogP contribution in [0.15, 0.2) is 0 Å². The second-order valence-corrected chi connectivity index (χ2v) is 4.33. The Hall–Kier alpha value is -0.470. The lowest BCUT2D eigenvalue weighted by molar-refractivity contribution is -0.156. The van der Waals surface area contributed by atoms with Gasteiger partial charge in [-0.15, -0.1) is 0 Å². The number of aliphatic carboxylic acids is 1. The van der Waals surface area contributed by atoms with Crippen LogP contribution in [-0.2, 0) is 14.4 Å². The number of rotatable bonds is 7. The highest BCUT2D eigenvalue weighted by Gasteiger charge is 2.32. The molecule has 0 aromatic carbocycles. The zero-order valence-electron chi connectivity index (χ0n) is 9.07. The van der Waals surface area contributed by atoms with Gasteiger partial charge < -0.3 is 10.8 Å². The van der Waals surface area contributed by atoms with Gasteiger partial charge in [0.2, 0.25) is 11.8 Å². The summed E-state index contributed by atoms with van der Waals surface area (Å²) in [5, 5.41) is 8.84. The number of carboxylic acid groups (broad SMARTS) is 1. The Bertz CT molecular complexity index is 283. The number of nitrogens with two attached hydrogens (primary N) is 1. The van der Waals surface area contributed by atoms with E-state index >= 15 is 0 Å². The predicted octanol–water partition coefficient (Wildman–Crippen LogP) is 0.323. The van der Waals surface area contributed by atoms with Gasteiger partial charge in [-0.25, -0.2) is 4.79 Å². The van der Waals surface area contributed by atoms with E-state index in [0.717, 1.165) is 4.90 Å². The fourth-order valence-corrected chi connectivity index (χ4v) is 1.83. The standard InChI is InChI=1S/C9H14Br2N2O4/c10-4-7(14)13(8(15)5-11)6(9(16)17)2-1-3-12/h6H,1-5,12H2,(H,16,17). The molecule has 0 saturated carbocycles. The van der Waals surface area contributed by atoms with Crippen molar-refractivity contribution in [1.82, 2.24) is 4.90 Å². The third kappa shape index (κ3) is 5.13. The zero-order chi connectivity index (χ0) is 13.4. The molecule has 0 aliphatic heterocycles. The SMILES string of the molecule is NCCCC(C(=O)O)N(C(=O)CBr)C(=O)CBr. The van der Waals surface area contributed by atoms with E-state index in [-0.39, 0.29) is 17.1 Å². The molecule has 0 spiro atoms. The van der Waals surface area contributed by atoms with E-state index in [0.29, 0.717) is 13.0 Å². The first-order valence-electron chi connectivity index (χ1n) is 4.89. The Morgan fingerprint density at radius 2 is 1.65 bits per heavy atom. The summed E-state index contributed by atoms with van der Waals surface area (Å²) in [5.41, 5.74) is 5.29. The van der Waals surface area contributed by atoms with Gasteiger partial charge in [-0.1, -0.05) is 31.9 Å². The number of nitrogens with zero attached hydrogens (tertiary/aromatic N) is 1. The van der Waals surface area contributed by atoms with Gasteiger partial charge >= 0.3 is 5.97 Å². The fourth-order valence-electron chi connectivity index (χ4n) is 1.29. The van der Waals surface area contributed by atoms with E-state index in [4.69, 9.17) is 10.8 Å². The molecular weight excluding hydrogens is 360 g/mol. The average Bonchev–Trinajstić information content (AvgIpc) is 2.32. The minimum absolute atomic E-state index is 0.0991. The summed E-state index contributed by atoms with van der Waals surface area (Å²) >= 11 is 5.84. The first-order valence-corrected chi connectivity index (χ1v) is 7.13. The lowest BCUT2D eigenvalue weighted by Crippen LogP contribution is -2.49. The van der Waals surface area contributed by atoms with Gasteiger partial charge in [-0.2, -0.15) is 0 Å². The number of carboxylic acids is 1. The number of hydrogen-bond donors (Lipinski definition) is 2. The van der Waals surface area contributed by atoms with Crippen LogP contribution >= 0.6 is 31.9 Å². The summed E-state index contributed by atoms with van der Waals surface area (Å²) in [6.45, 7) is 0.308. The average molecular weight is 374 g/mol. The second kappa shape index (κ2) is 8.60. The molecule has 6 nitrogen and oxygen atoms in total. The van der Waals surface area contributed by atoms with E-state index in [2.05, 4.69) is 31.9 Å². The predicted molar refractivity (Wildman–Crippen MR) is 69.2 cm³/mol. The van der Waals surface area contributed by atoms with Gasteiger partial charge in [0.25, 0.3) is 0 Å². The number of halogens is 2. The monoisotopic (exact) mass is 372 g/mol. The van der Waals surface area contributed by atoms with Crippen molar-refractivity contribution in [3.63, 3.8) is 0 Å². The fraction of sp³-hybridized carbons (Fsp3) is 0.667. The van der Waals surface area contributed by atoms with Crippen LogP contribution in [0.25, 0.3) is 0 Å². The molecule has 1 atom stereocenters. The second-order valence-electron chi connectivity index (χ2n) is 3.21. The third-order valence-corrected chi connectivity index (χ3v) is 3.00. The minimum atomic E-state index is -1.21. The highest BCUT2D eigenvalue weighted by Crippen LogP contribution is 2.11. The molecule has 0 radical (unpaired) electrons.